The molecular weight excluding hydrogens is 364 g/mol. The number of ether oxygens (including phenoxy) is 1. The summed E-state index contributed by atoms with van der Waals surface area (Å²) in [5.74, 6) is 1.38. The van der Waals surface area contributed by atoms with Crippen molar-refractivity contribution in [3.8, 4) is 6.07 Å². The van der Waals surface area contributed by atoms with Crippen LogP contribution in [0.25, 0.3) is 0 Å². The minimum Gasteiger partial charge on any atom is -0.443 e. The van der Waals surface area contributed by atoms with Gasteiger partial charge in [0.1, 0.15) is 11.4 Å². The van der Waals surface area contributed by atoms with E-state index >= 15 is 0 Å². The van der Waals surface area contributed by atoms with Gasteiger partial charge in [0.05, 0.1) is 6.07 Å². The molecule has 2 heterocycles. The third kappa shape index (κ3) is 6.17. The molecule has 6 nitrogen and oxygen atoms in total. The predicted molar refractivity (Wildman–Crippen MR) is 114 cm³/mol. The standard InChI is InChI=1S/C23H34N4O2/c1-23(2,3)29-22(28)27-14-6-7-18-9-10-19(26-21(18)27)8-4-5-13-25-20-15-17(16-20)11-12-24/h9-10,17,20,25H,4-8,11,13-16H2,1-3H3. The molecule has 1 saturated carbocycles. The Hall–Kier alpha value is -2.13. The van der Waals surface area contributed by atoms with Crippen molar-refractivity contribution in [3.05, 3.63) is 23.4 Å². The first-order valence-electron chi connectivity index (χ1n) is 11.0. The molecule has 1 amide bonds. The van der Waals surface area contributed by atoms with E-state index in [1.54, 1.807) is 4.90 Å². The van der Waals surface area contributed by atoms with Gasteiger partial charge in [0, 0.05) is 24.7 Å². The van der Waals surface area contributed by atoms with Crippen LogP contribution in [0, 0.1) is 17.2 Å². The summed E-state index contributed by atoms with van der Waals surface area (Å²) in [5, 5.41) is 12.3. The van der Waals surface area contributed by atoms with Gasteiger partial charge in [-0.2, -0.15) is 5.26 Å². The van der Waals surface area contributed by atoms with Crippen LogP contribution in [0.2, 0.25) is 0 Å². The number of carbonyl (C=O) groups is 1. The Kier molecular flexibility index (Phi) is 7.13. The van der Waals surface area contributed by atoms with Crippen molar-refractivity contribution in [1.29, 1.82) is 5.26 Å². The van der Waals surface area contributed by atoms with Gasteiger partial charge >= 0.3 is 6.09 Å². The van der Waals surface area contributed by atoms with Crippen molar-refractivity contribution in [3.63, 3.8) is 0 Å². The van der Waals surface area contributed by atoms with E-state index in [1.807, 2.05) is 20.8 Å². The van der Waals surface area contributed by atoms with Gasteiger partial charge in [-0.1, -0.05) is 6.07 Å². The summed E-state index contributed by atoms with van der Waals surface area (Å²) in [5.41, 5.74) is 1.66. The van der Waals surface area contributed by atoms with Crippen molar-refractivity contribution in [2.75, 3.05) is 18.0 Å². The molecule has 158 valence electrons. The number of nitrogens with zero attached hydrogens (tertiary/aromatic N) is 3. The summed E-state index contributed by atoms with van der Waals surface area (Å²) >= 11 is 0. The maximum Gasteiger partial charge on any atom is 0.416 e. The lowest BCUT2D eigenvalue weighted by Gasteiger charge is -2.34. The number of aryl methyl sites for hydroxylation is 2. The van der Waals surface area contributed by atoms with Crippen molar-refractivity contribution in [2.24, 2.45) is 5.92 Å². The topological polar surface area (TPSA) is 78.2 Å². The third-order valence-corrected chi connectivity index (χ3v) is 5.62. The quantitative estimate of drug-likeness (QED) is 0.690. The molecule has 0 radical (unpaired) electrons. The normalized spacial score (nSPS) is 21.1. The minimum atomic E-state index is -0.506. The van der Waals surface area contributed by atoms with Crippen LogP contribution in [0.15, 0.2) is 12.1 Å². The van der Waals surface area contributed by atoms with E-state index in [9.17, 15) is 4.79 Å². The Bertz CT molecular complexity index is 744. The zero-order valence-electron chi connectivity index (χ0n) is 18.0. The van der Waals surface area contributed by atoms with Gasteiger partial charge in [-0.15, -0.1) is 0 Å². The van der Waals surface area contributed by atoms with Crippen LogP contribution < -0.4 is 10.2 Å². The fourth-order valence-corrected chi connectivity index (χ4v) is 4.05. The summed E-state index contributed by atoms with van der Waals surface area (Å²) in [6.45, 7) is 7.35. The maximum atomic E-state index is 12.6. The number of rotatable bonds is 7. The second-order valence-electron chi connectivity index (χ2n) is 9.33. The number of pyridine rings is 1. The molecule has 1 N–H and O–H groups in total. The molecule has 0 bridgehead atoms. The lowest BCUT2D eigenvalue weighted by atomic mass is 9.78. The molecule has 2 aliphatic rings. The van der Waals surface area contributed by atoms with Gasteiger partial charge < -0.3 is 10.1 Å². The Labute approximate surface area is 174 Å². The Morgan fingerprint density at radius 3 is 2.86 bits per heavy atom. The number of amides is 1. The van der Waals surface area contributed by atoms with Crippen LogP contribution in [0.5, 0.6) is 0 Å². The van der Waals surface area contributed by atoms with E-state index in [2.05, 4.69) is 23.5 Å². The molecule has 1 aromatic rings. The van der Waals surface area contributed by atoms with Crippen LogP contribution in [0.3, 0.4) is 0 Å². The van der Waals surface area contributed by atoms with Gasteiger partial charge in [0.2, 0.25) is 0 Å². The lowest BCUT2D eigenvalue weighted by Crippen LogP contribution is -2.41. The molecule has 0 saturated heterocycles. The average Bonchev–Trinajstić information content (AvgIpc) is 2.63. The van der Waals surface area contributed by atoms with Gasteiger partial charge in [0.25, 0.3) is 0 Å². The summed E-state index contributed by atoms with van der Waals surface area (Å²) < 4.78 is 5.57. The largest absolute Gasteiger partial charge is 0.443 e. The summed E-state index contributed by atoms with van der Waals surface area (Å²) in [6, 6.07) is 7.08. The predicted octanol–water partition coefficient (Wildman–Crippen LogP) is 4.37. The highest BCUT2D eigenvalue weighted by Crippen LogP contribution is 2.30. The van der Waals surface area contributed by atoms with Crippen LogP contribution in [0.4, 0.5) is 10.6 Å². The first-order valence-corrected chi connectivity index (χ1v) is 11.0. The van der Waals surface area contributed by atoms with E-state index in [0.29, 0.717) is 24.9 Å². The maximum absolute atomic E-state index is 12.6. The number of carbonyl (C=O) groups excluding carboxylic acids is 1. The molecular formula is C23H34N4O2. The number of aromatic nitrogens is 1. The van der Waals surface area contributed by atoms with Crippen LogP contribution in [-0.4, -0.2) is 35.8 Å². The SMILES string of the molecule is CC(C)(C)OC(=O)N1CCCc2ccc(CCCCNC3CC(CC#N)C3)nc21. The molecule has 1 aliphatic heterocycles. The number of nitrogens with one attached hydrogen (secondary N) is 1. The molecule has 0 atom stereocenters. The highest BCUT2D eigenvalue weighted by Gasteiger charge is 2.29. The average molecular weight is 399 g/mol. The molecule has 1 aliphatic carbocycles. The Morgan fingerprint density at radius 1 is 1.34 bits per heavy atom. The lowest BCUT2D eigenvalue weighted by molar-refractivity contribution is 0.0576. The molecule has 0 unspecified atom stereocenters. The smallest absolute Gasteiger partial charge is 0.416 e. The van der Waals surface area contributed by atoms with Gasteiger partial charge in [-0.3, -0.25) is 4.90 Å². The third-order valence-electron chi connectivity index (χ3n) is 5.62. The molecule has 6 heteroatoms. The first-order chi connectivity index (χ1) is 13.9. The van der Waals surface area contributed by atoms with Crippen molar-refractivity contribution in [2.45, 2.75) is 83.8 Å². The highest BCUT2D eigenvalue weighted by molar-refractivity contribution is 5.88. The van der Waals surface area contributed by atoms with E-state index in [1.165, 1.54) is 0 Å². The Morgan fingerprint density at radius 2 is 2.14 bits per heavy atom. The van der Waals surface area contributed by atoms with Crippen molar-refractivity contribution < 1.29 is 9.53 Å². The molecule has 3 rings (SSSR count). The Balaban J connectivity index is 1.46. The summed E-state index contributed by atoms with van der Waals surface area (Å²) in [4.78, 5) is 19.1. The monoisotopic (exact) mass is 398 g/mol. The van der Waals surface area contributed by atoms with Crippen molar-refractivity contribution in [1.82, 2.24) is 10.3 Å². The van der Waals surface area contributed by atoms with E-state index in [0.717, 1.165) is 68.6 Å². The highest BCUT2D eigenvalue weighted by atomic mass is 16.6. The van der Waals surface area contributed by atoms with E-state index < -0.39 is 5.60 Å². The van der Waals surface area contributed by atoms with Crippen LogP contribution >= 0.6 is 0 Å². The van der Waals surface area contributed by atoms with Gasteiger partial charge in [0.15, 0.2) is 0 Å². The van der Waals surface area contributed by atoms with E-state index in [4.69, 9.17) is 15.0 Å². The fourth-order valence-electron chi connectivity index (χ4n) is 4.05. The molecule has 1 aromatic heterocycles. The summed E-state index contributed by atoms with van der Waals surface area (Å²) in [7, 11) is 0. The minimum absolute atomic E-state index is 0.303. The number of fused-ring (bicyclic) bond motifs is 1. The van der Waals surface area contributed by atoms with Crippen LogP contribution in [-0.2, 0) is 17.6 Å². The second-order valence-corrected chi connectivity index (χ2v) is 9.33. The second kappa shape index (κ2) is 9.58. The molecule has 0 spiro atoms. The van der Waals surface area contributed by atoms with E-state index in [-0.39, 0.29) is 6.09 Å². The van der Waals surface area contributed by atoms with Crippen molar-refractivity contribution >= 4 is 11.9 Å². The molecule has 0 aromatic carbocycles. The fraction of sp³-hybridized carbons (Fsp3) is 0.696. The number of nitriles is 1. The zero-order chi connectivity index (χ0) is 20.9. The van der Waals surface area contributed by atoms with Gasteiger partial charge in [-0.05, 0) is 89.8 Å². The number of hydrogen-bond acceptors (Lipinski definition) is 5. The molecule has 1 fully saturated rings. The number of unbranched alkanes of at least 4 members (excludes halogenated alkanes) is 1. The zero-order valence-corrected chi connectivity index (χ0v) is 18.0. The first kappa shape index (κ1) is 21.6. The summed E-state index contributed by atoms with van der Waals surface area (Å²) in [6.07, 6.45) is 7.66. The van der Waals surface area contributed by atoms with Gasteiger partial charge in [-0.25, -0.2) is 9.78 Å². The number of anilines is 1. The number of hydrogen-bond donors (Lipinski definition) is 1. The molecule has 29 heavy (non-hydrogen) atoms. The van der Waals surface area contributed by atoms with Crippen LogP contribution in [0.1, 0.15) is 70.6 Å².